The van der Waals surface area contributed by atoms with Gasteiger partial charge in [0.25, 0.3) is 0 Å². The molecule has 0 spiro atoms. The molecule has 0 atom stereocenters. The Kier molecular flexibility index (Phi) is 2.53. The van der Waals surface area contributed by atoms with E-state index in [9.17, 15) is 0 Å². The van der Waals surface area contributed by atoms with Crippen molar-refractivity contribution in [3.63, 3.8) is 0 Å². The quantitative estimate of drug-likeness (QED) is 0.879. The summed E-state index contributed by atoms with van der Waals surface area (Å²) in [7, 11) is 0. The van der Waals surface area contributed by atoms with Gasteiger partial charge in [-0.15, -0.1) is 11.3 Å². The van der Waals surface area contributed by atoms with Gasteiger partial charge in [0.15, 0.2) is 0 Å². The first-order valence-electron chi connectivity index (χ1n) is 5.36. The molecule has 1 aliphatic carbocycles. The van der Waals surface area contributed by atoms with E-state index in [2.05, 4.69) is 20.3 Å². The summed E-state index contributed by atoms with van der Waals surface area (Å²) < 4.78 is 0. The third-order valence-electron chi connectivity index (χ3n) is 2.55. The van der Waals surface area contributed by atoms with Crippen LogP contribution in [0.3, 0.4) is 0 Å². The van der Waals surface area contributed by atoms with E-state index in [0.29, 0.717) is 5.92 Å². The van der Waals surface area contributed by atoms with Crippen molar-refractivity contribution in [2.24, 2.45) is 0 Å². The molecule has 3 rings (SSSR count). The van der Waals surface area contributed by atoms with Gasteiger partial charge in [-0.2, -0.15) is 0 Å². The van der Waals surface area contributed by atoms with E-state index >= 15 is 0 Å². The fourth-order valence-corrected chi connectivity index (χ4v) is 2.07. The Morgan fingerprint density at radius 1 is 1.38 bits per heavy atom. The first-order chi connectivity index (χ1) is 7.92. The third kappa shape index (κ3) is 2.19. The van der Waals surface area contributed by atoms with Crippen molar-refractivity contribution in [2.75, 3.05) is 5.32 Å². The van der Waals surface area contributed by atoms with Crippen LogP contribution < -0.4 is 5.32 Å². The van der Waals surface area contributed by atoms with Gasteiger partial charge in [0, 0.05) is 17.5 Å². The Labute approximate surface area is 97.8 Å². The van der Waals surface area contributed by atoms with Crippen molar-refractivity contribution >= 4 is 17.2 Å². The minimum absolute atomic E-state index is 0.598. The van der Waals surface area contributed by atoms with Gasteiger partial charge in [0.2, 0.25) is 0 Å². The molecular formula is C11H12N4S. The van der Waals surface area contributed by atoms with Gasteiger partial charge in [0.05, 0.1) is 17.7 Å². The SMILES string of the molecule is c1cc(NCc2cscn2)nc(C2CC2)n1. The number of aromatic nitrogens is 3. The van der Waals surface area contributed by atoms with Gasteiger partial charge in [0.1, 0.15) is 11.6 Å². The highest BCUT2D eigenvalue weighted by Crippen LogP contribution is 2.37. The van der Waals surface area contributed by atoms with Gasteiger partial charge >= 0.3 is 0 Å². The van der Waals surface area contributed by atoms with Crippen molar-refractivity contribution < 1.29 is 0 Å². The molecule has 1 fully saturated rings. The van der Waals surface area contributed by atoms with Gasteiger partial charge in [-0.3, -0.25) is 0 Å². The van der Waals surface area contributed by atoms with Crippen molar-refractivity contribution in [3.8, 4) is 0 Å². The molecule has 0 amide bonds. The molecule has 0 aromatic carbocycles. The Hall–Kier alpha value is -1.49. The lowest BCUT2D eigenvalue weighted by Crippen LogP contribution is -2.03. The molecule has 2 aromatic rings. The largest absolute Gasteiger partial charge is 0.364 e. The second kappa shape index (κ2) is 4.17. The molecule has 1 saturated carbocycles. The molecule has 0 bridgehead atoms. The zero-order chi connectivity index (χ0) is 10.8. The maximum atomic E-state index is 4.49. The normalized spacial score (nSPS) is 15.0. The number of nitrogens with zero attached hydrogens (tertiary/aromatic N) is 3. The predicted molar refractivity (Wildman–Crippen MR) is 63.4 cm³/mol. The van der Waals surface area contributed by atoms with Crippen LogP contribution in [0.25, 0.3) is 0 Å². The number of anilines is 1. The topological polar surface area (TPSA) is 50.7 Å². The molecule has 82 valence electrons. The molecule has 2 aromatic heterocycles. The van der Waals surface area contributed by atoms with Crippen LogP contribution in [0.2, 0.25) is 0 Å². The average molecular weight is 232 g/mol. The number of hydrogen-bond acceptors (Lipinski definition) is 5. The van der Waals surface area contributed by atoms with Gasteiger partial charge in [-0.05, 0) is 18.9 Å². The monoisotopic (exact) mass is 232 g/mol. The van der Waals surface area contributed by atoms with E-state index in [1.54, 1.807) is 11.3 Å². The lowest BCUT2D eigenvalue weighted by molar-refractivity contribution is 0.918. The summed E-state index contributed by atoms with van der Waals surface area (Å²) >= 11 is 1.61. The summed E-state index contributed by atoms with van der Waals surface area (Å²) in [6.45, 7) is 0.727. The molecule has 4 nitrogen and oxygen atoms in total. The average Bonchev–Trinajstić information content (AvgIpc) is 3.05. The van der Waals surface area contributed by atoms with E-state index in [-0.39, 0.29) is 0 Å². The van der Waals surface area contributed by atoms with Gasteiger partial charge in [-0.25, -0.2) is 15.0 Å². The third-order valence-corrected chi connectivity index (χ3v) is 3.19. The Bertz CT molecular complexity index is 465. The lowest BCUT2D eigenvalue weighted by atomic mass is 10.4. The maximum absolute atomic E-state index is 4.49. The molecule has 1 aliphatic rings. The molecule has 0 saturated heterocycles. The molecule has 0 aliphatic heterocycles. The van der Waals surface area contributed by atoms with E-state index < -0.39 is 0 Å². The van der Waals surface area contributed by atoms with Crippen LogP contribution in [0.15, 0.2) is 23.2 Å². The van der Waals surface area contributed by atoms with Crippen LogP contribution in [0, 0.1) is 0 Å². The van der Waals surface area contributed by atoms with Crippen molar-refractivity contribution in [3.05, 3.63) is 34.7 Å². The van der Waals surface area contributed by atoms with E-state index in [1.165, 1.54) is 12.8 Å². The molecule has 0 unspecified atom stereocenters. The van der Waals surface area contributed by atoms with E-state index in [4.69, 9.17) is 0 Å². The zero-order valence-electron chi connectivity index (χ0n) is 8.76. The minimum atomic E-state index is 0.598. The number of thiazole rings is 1. The Morgan fingerprint density at radius 3 is 3.06 bits per heavy atom. The van der Waals surface area contributed by atoms with Crippen LogP contribution >= 0.6 is 11.3 Å². The first-order valence-corrected chi connectivity index (χ1v) is 6.30. The molecule has 16 heavy (non-hydrogen) atoms. The summed E-state index contributed by atoms with van der Waals surface area (Å²) in [6, 6.07) is 1.90. The van der Waals surface area contributed by atoms with Gasteiger partial charge in [-0.1, -0.05) is 0 Å². The molecular weight excluding hydrogens is 220 g/mol. The highest BCUT2D eigenvalue weighted by molar-refractivity contribution is 7.07. The highest BCUT2D eigenvalue weighted by atomic mass is 32.1. The van der Waals surface area contributed by atoms with Crippen LogP contribution in [-0.4, -0.2) is 15.0 Å². The molecule has 5 heteroatoms. The predicted octanol–water partition coefficient (Wildman–Crippen LogP) is 2.42. The fourth-order valence-electron chi connectivity index (χ4n) is 1.52. The fraction of sp³-hybridized carbons (Fsp3) is 0.364. The van der Waals surface area contributed by atoms with Gasteiger partial charge < -0.3 is 5.32 Å². The highest BCUT2D eigenvalue weighted by Gasteiger charge is 2.26. The van der Waals surface area contributed by atoms with Crippen LogP contribution in [0.1, 0.15) is 30.3 Å². The number of nitrogens with one attached hydrogen (secondary N) is 1. The van der Waals surface area contributed by atoms with Crippen molar-refractivity contribution in [2.45, 2.75) is 25.3 Å². The summed E-state index contributed by atoms with van der Waals surface area (Å²) in [4.78, 5) is 13.0. The Morgan fingerprint density at radius 2 is 2.31 bits per heavy atom. The van der Waals surface area contributed by atoms with Crippen LogP contribution in [0.5, 0.6) is 0 Å². The van der Waals surface area contributed by atoms with Crippen LogP contribution in [-0.2, 0) is 6.54 Å². The van der Waals surface area contributed by atoms with Crippen molar-refractivity contribution in [1.29, 1.82) is 0 Å². The second-order valence-electron chi connectivity index (χ2n) is 3.91. The van der Waals surface area contributed by atoms with E-state index in [1.807, 2.05) is 23.2 Å². The van der Waals surface area contributed by atoms with Crippen molar-refractivity contribution in [1.82, 2.24) is 15.0 Å². The summed E-state index contributed by atoms with van der Waals surface area (Å²) in [5, 5.41) is 5.30. The lowest BCUT2D eigenvalue weighted by Gasteiger charge is -2.04. The maximum Gasteiger partial charge on any atom is 0.133 e. The number of hydrogen-bond donors (Lipinski definition) is 1. The van der Waals surface area contributed by atoms with Crippen LogP contribution in [0.4, 0.5) is 5.82 Å². The van der Waals surface area contributed by atoms with E-state index in [0.717, 1.165) is 23.9 Å². The smallest absolute Gasteiger partial charge is 0.133 e. The Balaban J connectivity index is 1.67. The first kappa shape index (κ1) is 9.72. The minimum Gasteiger partial charge on any atom is -0.364 e. The molecule has 2 heterocycles. The molecule has 1 N–H and O–H groups in total. The second-order valence-corrected chi connectivity index (χ2v) is 4.63. The number of rotatable bonds is 4. The summed E-state index contributed by atoms with van der Waals surface area (Å²) in [6.07, 6.45) is 4.29. The zero-order valence-corrected chi connectivity index (χ0v) is 9.57. The molecule has 0 radical (unpaired) electrons. The summed E-state index contributed by atoms with van der Waals surface area (Å²) in [5.41, 5.74) is 2.89. The summed E-state index contributed by atoms with van der Waals surface area (Å²) in [5.74, 6) is 2.47. The standard InChI is InChI=1S/C11H12N4S/c1-2-8(1)11-12-4-3-10(15-11)13-5-9-6-16-7-14-9/h3-4,6-8H,1-2,5H2,(H,12,13,15).